The van der Waals surface area contributed by atoms with Crippen LogP contribution < -0.4 is 5.32 Å². The lowest BCUT2D eigenvalue weighted by atomic mass is 10.3. The Kier molecular flexibility index (Phi) is 3.96. The van der Waals surface area contributed by atoms with E-state index in [0.717, 1.165) is 11.5 Å². The second-order valence-corrected chi connectivity index (χ2v) is 2.57. The molecule has 72 valence electrons. The first kappa shape index (κ1) is 9.71. The Labute approximate surface area is 78.7 Å². The summed E-state index contributed by atoms with van der Waals surface area (Å²) in [6.07, 6.45) is 7.44. The molecule has 0 aromatic heterocycles. The van der Waals surface area contributed by atoms with Gasteiger partial charge in [-0.1, -0.05) is 6.08 Å². The van der Waals surface area contributed by atoms with Crippen LogP contribution in [-0.2, 0) is 9.47 Å². The van der Waals surface area contributed by atoms with Gasteiger partial charge in [0.05, 0.1) is 0 Å². The Morgan fingerprint density at radius 2 is 2.38 bits per heavy atom. The predicted octanol–water partition coefficient (Wildman–Crippen LogP) is 1.55. The van der Waals surface area contributed by atoms with Crippen LogP contribution in [-0.4, -0.2) is 20.3 Å². The van der Waals surface area contributed by atoms with Gasteiger partial charge in [0.25, 0.3) is 0 Å². The first-order valence-corrected chi connectivity index (χ1v) is 4.33. The van der Waals surface area contributed by atoms with Gasteiger partial charge in [-0.2, -0.15) is 0 Å². The minimum absolute atomic E-state index is 0.626. The Balaban J connectivity index is 2.51. The van der Waals surface area contributed by atoms with E-state index in [1.807, 2.05) is 32.2 Å². The maximum absolute atomic E-state index is 5.31. The number of ether oxygens (including phenoxy) is 2. The minimum atomic E-state index is 0.626. The monoisotopic (exact) mass is 181 g/mol. The number of allylic oxidation sites excluding steroid dienone is 3. The highest BCUT2D eigenvalue weighted by Crippen LogP contribution is 2.06. The van der Waals surface area contributed by atoms with Crippen LogP contribution >= 0.6 is 0 Å². The summed E-state index contributed by atoms with van der Waals surface area (Å²) in [7, 11) is 1.88. The molecule has 1 rings (SSSR count). The second kappa shape index (κ2) is 5.30. The molecule has 0 aromatic carbocycles. The Bertz CT molecular complexity index is 241. The summed E-state index contributed by atoms with van der Waals surface area (Å²) in [5.74, 6) is 0.765. The lowest BCUT2D eigenvalue weighted by molar-refractivity contribution is 0.0920. The molecule has 0 aliphatic carbocycles. The van der Waals surface area contributed by atoms with E-state index in [1.165, 1.54) is 0 Å². The van der Waals surface area contributed by atoms with E-state index in [-0.39, 0.29) is 0 Å². The van der Waals surface area contributed by atoms with Gasteiger partial charge in [0.1, 0.15) is 19.5 Å². The van der Waals surface area contributed by atoms with Crippen LogP contribution in [0.3, 0.4) is 0 Å². The fourth-order valence-corrected chi connectivity index (χ4v) is 0.966. The van der Waals surface area contributed by atoms with Crippen molar-refractivity contribution in [3.05, 3.63) is 35.9 Å². The molecule has 0 amide bonds. The van der Waals surface area contributed by atoms with Crippen LogP contribution in [0, 0.1) is 0 Å². The predicted molar refractivity (Wildman–Crippen MR) is 51.9 cm³/mol. The molecule has 3 heteroatoms. The van der Waals surface area contributed by atoms with E-state index in [4.69, 9.17) is 9.47 Å². The van der Waals surface area contributed by atoms with Gasteiger partial charge >= 0.3 is 0 Å². The van der Waals surface area contributed by atoms with Crippen LogP contribution in [0.15, 0.2) is 35.9 Å². The smallest absolute Gasteiger partial charge is 0.153 e. The fraction of sp³-hybridized carbons (Fsp3) is 0.400. The number of nitrogens with one attached hydrogen (secondary N) is 1. The van der Waals surface area contributed by atoms with Crippen LogP contribution in [0.25, 0.3) is 0 Å². The molecule has 0 atom stereocenters. The summed E-state index contributed by atoms with van der Waals surface area (Å²) >= 11 is 0. The third-order valence-electron chi connectivity index (χ3n) is 1.70. The maximum Gasteiger partial charge on any atom is 0.153 e. The molecular weight excluding hydrogens is 166 g/mol. The Hall–Kier alpha value is -1.38. The molecule has 0 saturated carbocycles. The van der Waals surface area contributed by atoms with Gasteiger partial charge in [-0.3, -0.25) is 0 Å². The van der Waals surface area contributed by atoms with Crippen LogP contribution in [0.4, 0.5) is 0 Å². The lowest BCUT2D eigenvalue weighted by Gasteiger charge is -2.12. The van der Waals surface area contributed by atoms with Gasteiger partial charge in [0, 0.05) is 12.7 Å². The van der Waals surface area contributed by atoms with Crippen molar-refractivity contribution in [1.82, 2.24) is 5.32 Å². The van der Waals surface area contributed by atoms with Crippen molar-refractivity contribution in [1.29, 1.82) is 0 Å². The number of hydrogen-bond donors (Lipinski definition) is 1. The summed E-state index contributed by atoms with van der Waals surface area (Å²) in [6, 6.07) is 0. The quantitative estimate of drug-likeness (QED) is 0.670. The molecule has 3 nitrogen and oxygen atoms in total. The van der Waals surface area contributed by atoms with Crippen molar-refractivity contribution in [2.45, 2.75) is 6.92 Å². The molecule has 0 bridgehead atoms. The van der Waals surface area contributed by atoms with Crippen molar-refractivity contribution in [3.63, 3.8) is 0 Å². The Morgan fingerprint density at radius 3 is 2.92 bits per heavy atom. The van der Waals surface area contributed by atoms with E-state index < -0.39 is 0 Å². The van der Waals surface area contributed by atoms with Gasteiger partial charge < -0.3 is 14.8 Å². The van der Waals surface area contributed by atoms with Crippen LogP contribution in [0.1, 0.15) is 6.92 Å². The number of rotatable bonds is 3. The standard InChI is InChI=1S/C10H15NO2/c1-3-9(11-2)4-5-10-8-12-6-7-13-10/h3-5,8,11H,6-7H2,1-2H3/b5-4-,9-3+. The third-order valence-corrected chi connectivity index (χ3v) is 1.70. The third kappa shape index (κ3) is 3.23. The van der Waals surface area contributed by atoms with Gasteiger partial charge in [0.2, 0.25) is 0 Å². The first-order valence-electron chi connectivity index (χ1n) is 4.33. The van der Waals surface area contributed by atoms with Gasteiger partial charge in [0.15, 0.2) is 5.76 Å². The van der Waals surface area contributed by atoms with Crippen molar-refractivity contribution in [2.75, 3.05) is 20.3 Å². The minimum Gasteiger partial charge on any atom is -0.494 e. The van der Waals surface area contributed by atoms with E-state index in [1.54, 1.807) is 6.26 Å². The summed E-state index contributed by atoms with van der Waals surface area (Å²) in [5, 5.41) is 3.04. The molecule has 0 unspecified atom stereocenters. The highest BCUT2D eigenvalue weighted by Gasteiger charge is 1.99. The lowest BCUT2D eigenvalue weighted by Crippen LogP contribution is -2.07. The molecule has 0 fully saturated rings. The van der Waals surface area contributed by atoms with E-state index in [9.17, 15) is 0 Å². The van der Waals surface area contributed by atoms with Crippen LogP contribution in [0.5, 0.6) is 0 Å². The average Bonchev–Trinajstić information content (AvgIpc) is 2.21. The molecule has 0 spiro atoms. The average molecular weight is 181 g/mol. The SMILES string of the molecule is C/C=C(\C=C/C1=COCCO1)NC. The van der Waals surface area contributed by atoms with Gasteiger partial charge in [-0.05, 0) is 19.1 Å². The zero-order valence-corrected chi connectivity index (χ0v) is 8.04. The topological polar surface area (TPSA) is 30.5 Å². The maximum atomic E-state index is 5.31. The van der Waals surface area contributed by atoms with Crippen molar-refractivity contribution in [2.24, 2.45) is 0 Å². The van der Waals surface area contributed by atoms with Crippen molar-refractivity contribution < 1.29 is 9.47 Å². The zero-order valence-electron chi connectivity index (χ0n) is 8.04. The molecular formula is C10H15NO2. The fourth-order valence-electron chi connectivity index (χ4n) is 0.966. The molecule has 1 aliphatic heterocycles. The number of hydrogen-bond acceptors (Lipinski definition) is 3. The van der Waals surface area contributed by atoms with E-state index in [0.29, 0.717) is 13.2 Å². The highest BCUT2D eigenvalue weighted by atomic mass is 16.6. The molecule has 1 heterocycles. The molecule has 0 aromatic rings. The molecule has 1 N–H and O–H groups in total. The van der Waals surface area contributed by atoms with Crippen LogP contribution in [0.2, 0.25) is 0 Å². The summed E-state index contributed by atoms with van der Waals surface area (Å²) in [4.78, 5) is 0. The molecule has 0 saturated heterocycles. The first-order chi connectivity index (χ1) is 6.36. The van der Waals surface area contributed by atoms with E-state index >= 15 is 0 Å². The summed E-state index contributed by atoms with van der Waals surface area (Å²) in [6.45, 7) is 3.24. The number of likely N-dealkylation sites (N-methyl/N-ethyl adjacent to an activating group) is 1. The Morgan fingerprint density at radius 1 is 1.54 bits per heavy atom. The van der Waals surface area contributed by atoms with E-state index in [2.05, 4.69) is 5.32 Å². The largest absolute Gasteiger partial charge is 0.494 e. The molecule has 13 heavy (non-hydrogen) atoms. The van der Waals surface area contributed by atoms with Crippen molar-refractivity contribution in [3.8, 4) is 0 Å². The molecule has 1 aliphatic rings. The van der Waals surface area contributed by atoms with Gasteiger partial charge in [-0.25, -0.2) is 0 Å². The molecule has 0 radical (unpaired) electrons. The second-order valence-electron chi connectivity index (χ2n) is 2.57. The summed E-state index contributed by atoms with van der Waals surface area (Å²) < 4.78 is 10.4. The van der Waals surface area contributed by atoms with Crippen molar-refractivity contribution >= 4 is 0 Å². The highest BCUT2D eigenvalue weighted by molar-refractivity contribution is 5.22. The normalized spacial score (nSPS) is 17.7. The van der Waals surface area contributed by atoms with Gasteiger partial charge in [-0.15, -0.1) is 0 Å². The summed E-state index contributed by atoms with van der Waals surface area (Å²) in [5.41, 5.74) is 1.05. The zero-order chi connectivity index (χ0) is 9.52.